The zero-order valence-corrected chi connectivity index (χ0v) is 13.0. The van der Waals surface area contributed by atoms with E-state index in [1.54, 1.807) is 23.6 Å². The number of hydrogen-bond acceptors (Lipinski definition) is 4. The standard InChI is InChI=1S/C15H13ClN4S/c1-11-10-21-15(18-11)19-14-4-2-3-7-20(14)9-12-5-6-13(16)17-8-12/h2-8,10H,9H2,1H3. The molecule has 0 atom stereocenters. The van der Waals surface area contributed by atoms with Crippen molar-refractivity contribution in [1.29, 1.82) is 0 Å². The molecule has 0 aliphatic rings. The van der Waals surface area contributed by atoms with Crippen molar-refractivity contribution in [3.63, 3.8) is 0 Å². The summed E-state index contributed by atoms with van der Waals surface area (Å²) in [6.07, 6.45) is 3.77. The molecule has 3 heterocycles. The summed E-state index contributed by atoms with van der Waals surface area (Å²) in [5, 5.41) is 3.26. The van der Waals surface area contributed by atoms with Gasteiger partial charge in [-0.25, -0.2) is 15.0 Å². The topological polar surface area (TPSA) is 43.1 Å². The van der Waals surface area contributed by atoms with Crippen LogP contribution in [0.4, 0.5) is 5.13 Å². The molecule has 0 amide bonds. The number of aromatic nitrogens is 3. The van der Waals surface area contributed by atoms with Gasteiger partial charge in [-0.2, -0.15) is 0 Å². The summed E-state index contributed by atoms with van der Waals surface area (Å²) in [7, 11) is 0. The Bertz CT molecular complexity index is 805. The first-order chi connectivity index (χ1) is 10.2. The van der Waals surface area contributed by atoms with Gasteiger partial charge < -0.3 is 4.57 Å². The van der Waals surface area contributed by atoms with E-state index in [0.717, 1.165) is 21.9 Å². The lowest BCUT2D eigenvalue weighted by molar-refractivity contribution is 0.740. The molecule has 0 saturated carbocycles. The van der Waals surface area contributed by atoms with E-state index < -0.39 is 0 Å². The maximum atomic E-state index is 5.81. The summed E-state index contributed by atoms with van der Waals surface area (Å²) in [6, 6.07) is 9.68. The minimum absolute atomic E-state index is 0.500. The van der Waals surface area contributed by atoms with E-state index >= 15 is 0 Å². The van der Waals surface area contributed by atoms with Gasteiger partial charge in [0.05, 0.1) is 12.2 Å². The molecule has 106 valence electrons. The van der Waals surface area contributed by atoms with Crippen molar-refractivity contribution in [2.75, 3.05) is 0 Å². The molecule has 4 nitrogen and oxygen atoms in total. The third kappa shape index (κ3) is 3.56. The molecule has 21 heavy (non-hydrogen) atoms. The number of pyridine rings is 2. The van der Waals surface area contributed by atoms with Crippen molar-refractivity contribution >= 4 is 28.1 Å². The van der Waals surface area contributed by atoms with Crippen molar-refractivity contribution in [3.05, 3.63) is 70.0 Å². The lowest BCUT2D eigenvalue weighted by Crippen LogP contribution is -2.20. The molecule has 0 aliphatic carbocycles. The number of nitrogens with zero attached hydrogens (tertiary/aromatic N) is 4. The van der Waals surface area contributed by atoms with Crippen molar-refractivity contribution in [2.45, 2.75) is 13.5 Å². The first kappa shape index (κ1) is 14.0. The normalized spacial score (nSPS) is 11.8. The molecule has 3 aromatic heterocycles. The van der Waals surface area contributed by atoms with Crippen LogP contribution in [-0.2, 0) is 6.54 Å². The van der Waals surface area contributed by atoms with E-state index in [9.17, 15) is 0 Å². The second-order valence-corrected chi connectivity index (χ2v) is 5.78. The van der Waals surface area contributed by atoms with Crippen LogP contribution < -0.4 is 5.49 Å². The van der Waals surface area contributed by atoms with Crippen molar-refractivity contribution in [3.8, 4) is 0 Å². The zero-order valence-electron chi connectivity index (χ0n) is 11.4. The van der Waals surface area contributed by atoms with Crippen molar-refractivity contribution < 1.29 is 0 Å². The Labute approximate surface area is 131 Å². The van der Waals surface area contributed by atoms with Crippen LogP contribution in [0.2, 0.25) is 5.15 Å². The van der Waals surface area contributed by atoms with Gasteiger partial charge in [0.2, 0.25) is 5.13 Å². The minimum atomic E-state index is 0.500. The highest BCUT2D eigenvalue weighted by atomic mass is 35.5. The van der Waals surface area contributed by atoms with E-state index in [-0.39, 0.29) is 0 Å². The summed E-state index contributed by atoms with van der Waals surface area (Å²) in [6.45, 7) is 2.65. The Morgan fingerprint density at radius 2 is 2.19 bits per heavy atom. The average Bonchev–Trinajstić information content (AvgIpc) is 2.89. The Hall–Kier alpha value is -1.98. The van der Waals surface area contributed by atoms with Crippen LogP contribution in [0.1, 0.15) is 11.3 Å². The van der Waals surface area contributed by atoms with Crippen LogP contribution in [0.25, 0.3) is 0 Å². The van der Waals surface area contributed by atoms with Gasteiger partial charge in [-0.15, -0.1) is 11.3 Å². The summed E-state index contributed by atoms with van der Waals surface area (Å²) in [5.74, 6) is 0. The van der Waals surface area contributed by atoms with Crippen molar-refractivity contribution in [1.82, 2.24) is 14.5 Å². The summed E-state index contributed by atoms with van der Waals surface area (Å²) in [4.78, 5) is 13.1. The lowest BCUT2D eigenvalue weighted by atomic mass is 10.3. The van der Waals surface area contributed by atoms with Crippen LogP contribution in [0, 0.1) is 6.92 Å². The van der Waals surface area contributed by atoms with Crippen LogP contribution in [0.15, 0.2) is 53.1 Å². The Morgan fingerprint density at radius 3 is 2.90 bits per heavy atom. The quantitative estimate of drug-likeness (QED) is 0.693. The van der Waals surface area contributed by atoms with Gasteiger partial charge >= 0.3 is 0 Å². The number of rotatable bonds is 3. The SMILES string of the molecule is Cc1csc(N=c2ccccn2Cc2ccc(Cl)nc2)n1. The van der Waals surface area contributed by atoms with Gasteiger partial charge in [0.1, 0.15) is 10.6 Å². The molecular formula is C15H13ClN4S. The van der Waals surface area contributed by atoms with Gasteiger partial charge in [-0.1, -0.05) is 23.7 Å². The molecule has 3 rings (SSSR count). The van der Waals surface area contributed by atoms with Crippen LogP contribution in [0.3, 0.4) is 0 Å². The largest absolute Gasteiger partial charge is 0.328 e. The fourth-order valence-corrected chi connectivity index (χ4v) is 2.67. The molecule has 0 aliphatic heterocycles. The maximum Gasteiger partial charge on any atom is 0.211 e. The van der Waals surface area contributed by atoms with E-state index in [1.165, 1.54) is 0 Å². The fraction of sp³-hybridized carbons (Fsp3) is 0.133. The third-order valence-corrected chi connectivity index (χ3v) is 3.95. The highest BCUT2D eigenvalue weighted by molar-refractivity contribution is 7.13. The second-order valence-electron chi connectivity index (χ2n) is 4.56. The smallest absolute Gasteiger partial charge is 0.211 e. The first-order valence-corrected chi connectivity index (χ1v) is 7.69. The minimum Gasteiger partial charge on any atom is -0.328 e. The number of hydrogen-bond donors (Lipinski definition) is 0. The van der Waals surface area contributed by atoms with Gasteiger partial charge in [-0.3, -0.25) is 0 Å². The summed E-state index contributed by atoms with van der Waals surface area (Å²) < 4.78 is 2.06. The Morgan fingerprint density at radius 1 is 1.29 bits per heavy atom. The number of thiazole rings is 1. The predicted octanol–water partition coefficient (Wildman–Crippen LogP) is 3.58. The number of aryl methyl sites for hydroxylation is 1. The highest BCUT2D eigenvalue weighted by Crippen LogP contribution is 2.16. The number of halogens is 1. The maximum absolute atomic E-state index is 5.81. The molecule has 0 aromatic carbocycles. The van der Waals surface area contributed by atoms with E-state index in [1.807, 2.05) is 42.8 Å². The van der Waals surface area contributed by atoms with Crippen molar-refractivity contribution in [2.24, 2.45) is 4.99 Å². The van der Waals surface area contributed by atoms with Gasteiger partial charge in [0.15, 0.2) is 0 Å². The third-order valence-electron chi connectivity index (χ3n) is 2.88. The molecule has 0 bridgehead atoms. The summed E-state index contributed by atoms with van der Waals surface area (Å²) >= 11 is 7.35. The molecule has 0 radical (unpaired) electrons. The van der Waals surface area contributed by atoms with Crippen LogP contribution >= 0.6 is 22.9 Å². The van der Waals surface area contributed by atoms with E-state index in [2.05, 4.69) is 19.5 Å². The zero-order chi connectivity index (χ0) is 14.7. The van der Waals surface area contributed by atoms with E-state index in [0.29, 0.717) is 11.7 Å². The van der Waals surface area contributed by atoms with E-state index in [4.69, 9.17) is 11.6 Å². The fourth-order valence-electron chi connectivity index (χ4n) is 1.89. The molecule has 0 saturated heterocycles. The molecule has 0 spiro atoms. The Balaban J connectivity index is 1.96. The van der Waals surface area contributed by atoms with Crippen LogP contribution in [-0.4, -0.2) is 14.5 Å². The molecule has 3 aromatic rings. The van der Waals surface area contributed by atoms with Gasteiger partial charge in [0, 0.05) is 17.8 Å². The lowest BCUT2D eigenvalue weighted by Gasteiger charge is -2.06. The summed E-state index contributed by atoms with van der Waals surface area (Å²) in [5.41, 5.74) is 2.92. The predicted molar refractivity (Wildman–Crippen MR) is 84.9 cm³/mol. The first-order valence-electron chi connectivity index (χ1n) is 6.43. The molecular weight excluding hydrogens is 304 g/mol. The molecule has 0 fully saturated rings. The molecule has 6 heteroatoms. The highest BCUT2D eigenvalue weighted by Gasteiger charge is 1.99. The monoisotopic (exact) mass is 316 g/mol. The molecule has 0 N–H and O–H groups in total. The Kier molecular flexibility index (Phi) is 4.13. The molecule has 0 unspecified atom stereocenters. The average molecular weight is 317 g/mol. The van der Waals surface area contributed by atoms with Gasteiger partial charge in [-0.05, 0) is 30.7 Å². The van der Waals surface area contributed by atoms with Crippen LogP contribution in [0.5, 0.6) is 0 Å². The van der Waals surface area contributed by atoms with Gasteiger partial charge in [0.25, 0.3) is 0 Å². The second kappa shape index (κ2) is 6.20.